The van der Waals surface area contributed by atoms with E-state index in [1.54, 1.807) is 27.9 Å². The summed E-state index contributed by atoms with van der Waals surface area (Å²) >= 11 is 0. The summed E-state index contributed by atoms with van der Waals surface area (Å²) < 4.78 is 65.7. The predicted molar refractivity (Wildman–Crippen MR) is 262 cm³/mol. The molecule has 408 valence electrons. The number of hydrogen-bond acceptors (Lipinski definition) is 20. The second-order valence-electron chi connectivity index (χ2n) is 17.0. The Hall–Kier alpha value is -4.14. The summed E-state index contributed by atoms with van der Waals surface area (Å²) in [6, 6.07) is 4.39. The number of carbonyl (C=O) groups excluding carboxylic acids is 4. The zero-order valence-electron chi connectivity index (χ0n) is 43.5. The fourth-order valence-corrected chi connectivity index (χ4v) is 6.41. The molecule has 0 saturated heterocycles. The quantitative estimate of drug-likeness (QED) is 0.0385. The largest absolute Gasteiger partial charge is 0.463 e. The van der Waals surface area contributed by atoms with Crippen molar-refractivity contribution in [1.29, 1.82) is 10.5 Å². The van der Waals surface area contributed by atoms with Gasteiger partial charge in [0, 0.05) is 46.2 Å². The van der Waals surface area contributed by atoms with Gasteiger partial charge in [0.25, 0.3) is 0 Å². The minimum Gasteiger partial charge on any atom is -0.463 e. The maximum absolute atomic E-state index is 14.3. The first kappa shape index (κ1) is 66.9. The first-order valence-corrected chi connectivity index (χ1v) is 24.3. The van der Waals surface area contributed by atoms with Crippen LogP contribution < -0.4 is 21.3 Å². The molecule has 0 aromatic carbocycles. The van der Waals surface area contributed by atoms with Crippen molar-refractivity contribution in [3.63, 3.8) is 0 Å². The van der Waals surface area contributed by atoms with E-state index >= 15 is 0 Å². The van der Waals surface area contributed by atoms with Gasteiger partial charge in [-0.1, -0.05) is 12.2 Å². The third kappa shape index (κ3) is 34.8. The first-order valence-electron chi connectivity index (χ1n) is 24.3. The van der Waals surface area contributed by atoms with E-state index in [0.29, 0.717) is 92.5 Å². The molecular formula is C49H86N6O16. The van der Waals surface area contributed by atoms with Crippen LogP contribution in [0.3, 0.4) is 0 Å². The van der Waals surface area contributed by atoms with E-state index in [1.807, 2.05) is 6.92 Å². The third-order valence-corrected chi connectivity index (χ3v) is 10.4. The van der Waals surface area contributed by atoms with Crippen LogP contribution in [0.5, 0.6) is 0 Å². The summed E-state index contributed by atoms with van der Waals surface area (Å²) in [5.74, 6) is -2.19. The monoisotopic (exact) mass is 1010 g/mol. The molecule has 0 heterocycles. The molecule has 0 aliphatic rings. The van der Waals surface area contributed by atoms with Crippen molar-refractivity contribution in [1.82, 2.24) is 21.3 Å². The van der Waals surface area contributed by atoms with Crippen LogP contribution in [0.15, 0.2) is 25.3 Å². The van der Waals surface area contributed by atoms with E-state index in [2.05, 4.69) is 46.6 Å². The summed E-state index contributed by atoms with van der Waals surface area (Å²) in [5.41, 5.74) is -6.15. The molecule has 0 aromatic heterocycles. The summed E-state index contributed by atoms with van der Waals surface area (Å²) in [4.78, 5) is 53.6. The van der Waals surface area contributed by atoms with Gasteiger partial charge in [0.1, 0.15) is 29.8 Å². The molecule has 0 aliphatic heterocycles. The van der Waals surface area contributed by atoms with Crippen molar-refractivity contribution in [3.05, 3.63) is 25.3 Å². The fourth-order valence-electron chi connectivity index (χ4n) is 6.41. The number of rotatable bonds is 50. The number of nitriles is 2. The highest BCUT2D eigenvalue weighted by Gasteiger charge is 2.50. The van der Waals surface area contributed by atoms with Gasteiger partial charge in [-0.15, -0.1) is 13.2 Å². The van der Waals surface area contributed by atoms with Crippen molar-refractivity contribution in [2.24, 2.45) is 5.41 Å². The van der Waals surface area contributed by atoms with Gasteiger partial charge >= 0.3 is 11.9 Å². The number of carbonyl (C=O) groups is 4. The molecule has 4 unspecified atom stereocenters. The Bertz CT molecular complexity index is 1550. The second-order valence-corrected chi connectivity index (χ2v) is 17.0. The van der Waals surface area contributed by atoms with Crippen molar-refractivity contribution in [3.8, 4) is 12.1 Å². The van der Waals surface area contributed by atoms with Crippen molar-refractivity contribution in [2.45, 2.75) is 83.3 Å². The van der Waals surface area contributed by atoms with Crippen molar-refractivity contribution < 1.29 is 76.0 Å². The van der Waals surface area contributed by atoms with E-state index in [9.17, 15) is 29.7 Å². The Labute approximate surface area is 422 Å². The Balaban J connectivity index is 5.78. The number of methoxy groups -OCH3 is 1. The molecule has 2 amide bonds. The average Bonchev–Trinajstić information content (AvgIpc) is 3.36. The van der Waals surface area contributed by atoms with Gasteiger partial charge in [-0.3, -0.25) is 29.8 Å². The predicted octanol–water partition coefficient (Wildman–Crippen LogP) is 1.95. The average molecular weight is 1020 g/mol. The zero-order valence-corrected chi connectivity index (χ0v) is 43.5. The van der Waals surface area contributed by atoms with Gasteiger partial charge in [-0.2, -0.15) is 10.5 Å². The van der Waals surface area contributed by atoms with Gasteiger partial charge in [0.15, 0.2) is 0 Å². The molecule has 4 N–H and O–H groups in total. The molecule has 0 radical (unpaired) electrons. The number of ether oxygens (including phenoxy) is 12. The highest BCUT2D eigenvalue weighted by molar-refractivity contribution is 5.84. The summed E-state index contributed by atoms with van der Waals surface area (Å²) in [5, 5.41) is 32.4. The maximum atomic E-state index is 14.3. The van der Waals surface area contributed by atoms with Crippen LogP contribution in [0.4, 0.5) is 0 Å². The molecule has 0 aromatic rings. The Morgan fingerprint density at radius 3 is 1.24 bits per heavy atom. The van der Waals surface area contributed by atoms with Crippen LogP contribution in [-0.4, -0.2) is 206 Å². The minimum atomic E-state index is -1.78. The smallest absolute Gasteiger partial charge is 0.326 e. The van der Waals surface area contributed by atoms with Crippen molar-refractivity contribution >= 4 is 23.8 Å². The van der Waals surface area contributed by atoms with Gasteiger partial charge < -0.3 is 67.5 Å². The Morgan fingerprint density at radius 2 is 0.873 bits per heavy atom. The van der Waals surface area contributed by atoms with Crippen LogP contribution in [0.2, 0.25) is 0 Å². The van der Waals surface area contributed by atoms with Gasteiger partial charge in [0.2, 0.25) is 11.8 Å². The molecule has 22 heteroatoms. The molecule has 71 heavy (non-hydrogen) atoms. The highest BCUT2D eigenvalue weighted by Crippen LogP contribution is 2.34. The van der Waals surface area contributed by atoms with E-state index < -0.39 is 34.0 Å². The summed E-state index contributed by atoms with van der Waals surface area (Å²) in [7, 11) is 1.62. The first-order chi connectivity index (χ1) is 34.1. The molecule has 0 rings (SSSR count). The normalized spacial score (nSPS) is 14.6. The standard InChI is InChI=1S/C49H86N6O16/c1-9-16-52-42(56)12-14-47(5,39-50)54-41-46(4,44(58)70-36-34-68-32-30-63-21-20-61-11-3)38-49(7,55-48(6,40-51)15-13-43(57)53-17-10-2)45(59)71-37-35-69-33-31-67-29-28-66-27-26-65-25-24-64-23-22-62-19-18-60-8/h9-10,54-55H,1-2,11-38,41H2,3-8H3,(H,52,56)(H,53,57). The van der Waals surface area contributed by atoms with Crippen molar-refractivity contribution in [2.75, 3.05) is 165 Å². The van der Waals surface area contributed by atoms with Gasteiger partial charge in [-0.25, -0.2) is 0 Å². The second kappa shape index (κ2) is 42.4. The topological polar surface area (TPSA) is 275 Å². The lowest BCUT2D eigenvalue weighted by molar-refractivity contribution is -0.163. The number of hydrogen-bond donors (Lipinski definition) is 4. The third-order valence-electron chi connectivity index (χ3n) is 10.4. The van der Waals surface area contributed by atoms with Crippen LogP contribution in [0.25, 0.3) is 0 Å². The van der Waals surface area contributed by atoms with Crippen LogP contribution in [0.1, 0.15) is 66.7 Å². The number of amides is 2. The van der Waals surface area contributed by atoms with E-state index in [-0.39, 0.29) is 110 Å². The maximum Gasteiger partial charge on any atom is 0.326 e. The van der Waals surface area contributed by atoms with Crippen LogP contribution in [0, 0.1) is 28.1 Å². The lowest BCUT2D eigenvalue weighted by Crippen LogP contribution is -2.63. The molecule has 4 atom stereocenters. The Morgan fingerprint density at radius 1 is 0.521 bits per heavy atom. The van der Waals surface area contributed by atoms with Gasteiger partial charge in [-0.05, 0) is 53.9 Å². The molecule has 0 aliphatic carbocycles. The van der Waals surface area contributed by atoms with E-state index in [4.69, 9.17) is 56.8 Å². The van der Waals surface area contributed by atoms with Crippen LogP contribution >= 0.6 is 0 Å². The highest BCUT2D eigenvalue weighted by atomic mass is 16.6. The lowest BCUT2D eigenvalue weighted by atomic mass is 9.75. The lowest BCUT2D eigenvalue weighted by Gasteiger charge is -2.41. The SMILES string of the molecule is C=CCNC(=O)CCC(C)(C#N)NCC(C)(CC(C)(NC(C)(C#N)CCC(=O)NCC=C)C(=O)OCCOCCOCCOCCOCCOCCOCCOC)C(=O)OCCOCCOCCOCC. The molecule has 0 bridgehead atoms. The zero-order chi connectivity index (χ0) is 53.0. The van der Waals surface area contributed by atoms with Crippen LogP contribution in [-0.2, 0) is 76.0 Å². The summed E-state index contributed by atoms with van der Waals surface area (Å²) in [6.07, 6.45) is 2.73. The van der Waals surface area contributed by atoms with E-state index in [1.165, 1.54) is 19.1 Å². The molecule has 0 spiro atoms. The van der Waals surface area contributed by atoms with Gasteiger partial charge in [0.05, 0.1) is 136 Å². The molecule has 22 nitrogen and oxygen atoms in total. The fraction of sp³-hybridized carbons (Fsp3) is 0.796. The molecule has 0 fully saturated rings. The number of nitrogens with one attached hydrogen (secondary N) is 4. The Kier molecular flexibility index (Phi) is 39.9. The number of esters is 2. The molecular weight excluding hydrogens is 929 g/mol. The van der Waals surface area contributed by atoms with E-state index in [0.717, 1.165) is 0 Å². The molecule has 0 saturated carbocycles. The summed E-state index contributed by atoms with van der Waals surface area (Å²) in [6.45, 7) is 22.1. The number of nitrogens with zero attached hydrogens (tertiary/aromatic N) is 2. The minimum absolute atomic E-state index is 0.00188.